The van der Waals surface area contributed by atoms with Crippen LogP contribution in [0.15, 0.2) is 21.9 Å². The fourth-order valence-electron chi connectivity index (χ4n) is 1.11. The molecule has 1 aromatic heterocycles. The van der Waals surface area contributed by atoms with Crippen LogP contribution >= 0.6 is 0 Å². The van der Waals surface area contributed by atoms with E-state index in [-0.39, 0.29) is 11.2 Å². The van der Waals surface area contributed by atoms with Gasteiger partial charge in [-0.15, -0.1) is 11.8 Å². The van der Waals surface area contributed by atoms with Crippen LogP contribution in [-0.2, 0) is 13.6 Å². The largest absolute Gasteiger partial charge is 0.330 e. The van der Waals surface area contributed by atoms with Gasteiger partial charge in [0.1, 0.15) is 0 Å². The minimum absolute atomic E-state index is 0.272. The Morgan fingerprint density at radius 1 is 1.43 bits per heavy atom. The molecule has 1 heterocycles. The second kappa shape index (κ2) is 4.47. The Bertz CT molecular complexity index is 485. The summed E-state index contributed by atoms with van der Waals surface area (Å²) in [6, 6.07) is 1.38. The lowest BCUT2D eigenvalue weighted by Gasteiger charge is -2.03. The number of aryl methyl sites for hydroxylation is 1. The summed E-state index contributed by atoms with van der Waals surface area (Å²) in [5.74, 6) is 5.53. The molecule has 0 amide bonds. The van der Waals surface area contributed by atoms with Gasteiger partial charge in [-0.1, -0.05) is 0 Å². The lowest BCUT2D eigenvalue weighted by Crippen LogP contribution is -2.37. The van der Waals surface area contributed by atoms with Gasteiger partial charge in [0.2, 0.25) is 0 Å². The number of aromatic nitrogens is 2. The van der Waals surface area contributed by atoms with Crippen molar-refractivity contribution in [1.82, 2.24) is 9.13 Å². The summed E-state index contributed by atoms with van der Waals surface area (Å²) in [7, 11) is 1.61. The minimum Gasteiger partial charge on any atom is -0.303 e. The van der Waals surface area contributed by atoms with Crippen LogP contribution in [0.3, 0.4) is 0 Å². The monoisotopic (exact) mass is 192 g/mol. The Balaban J connectivity index is 3.05. The van der Waals surface area contributed by atoms with Crippen molar-refractivity contribution in [3.05, 3.63) is 33.1 Å². The van der Waals surface area contributed by atoms with Crippen LogP contribution in [0, 0.1) is 11.8 Å². The highest BCUT2D eigenvalue weighted by Gasteiger charge is 2.00. The summed E-state index contributed by atoms with van der Waals surface area (Å²) in [4.78, 5) is 22.7. The van der Waals surface area contributed by atoms with Gasteiger partial charge in [-0.25, -0.2) is 4.79 Å². The molecule has 1 aromatic rings. The van der Waals surface area contributed by atoms with Crippen LogP contribution in [0.5, 0.6) is 0 Å². The zero-order chi connectivity index (χ0) is 10.6. The maximum absolute atomic E-state index is 11.5. The minimum atomic E-state index is -0.296. The van der Waals surface area contributed by atoms with E-state index < -0.39 is 0 Å². The molecule has 4 nitrogen and oxygen atoms in total. The molecule has 74 valence electrons. The highest BCUT2D eigenvalue weighted by atomic mass is 16.2. The van der Waals surface area contributed by atoms with Crippen molar-refractivity contribution in [3.63, 3.8) is 0 Å². The fourth-order valence-corrected chi connectivity index (χ4v) is 1.11. The van der Waals surface area contributed by atoms with E-state index in [9.17, 15) is 9.59 Å². The SMILES string of the molecule is CC#CCCn1c(=O)ccn(C)c1=O. The summed E-state index contributed by atoms with van der Waals surface area (Å²) in [6.07, 6.45) is 1.99. The molecule has 14 heavy (non-hydrogen) atoms. The van der Waals surface area contributed by atoms with Crippen LogP contribution in [-0.4, -0.2) is 9.13 Å². The predicted octanol–water partition coefficient (Wildman–Crippen LogP) is -0.0396. The first-order valence-electron chi connectivity index (χ1n) is 4.33. The van der Waals surface area contributed by atoms with Gasteiger partial charge in [-0.3, -0.25) is 9.36 Å². The summed E-state index contributed by atoms with van der Waals surface area (Å²) in [6.45, 7) is 2.08. The molecule has 0 N–H and O–H groups in total. The number of hydrogen-bond acceptors (Lipinski definition) is 2. The van der Waals surface area contributed by atoms with Gasteiger partial charge in [0.05, 0.1) is 0 Å². The van der Waals surface area contributed by atoms with Gasteiger partial charge in [0.25, 0.3) is 5.56 Å². The Kier molecular flexibility index (Phi) is 3.29. The molecule has 0 aliphatic heterocycles. The van der Waals surface area contributed by atoms with Gasteiger partial charge in [0, 0.05) is 32.3 Å². The zero-order valence-electron chi connectivity index (χ0n) is 8.28. The lowest BCUT2D eigenvalue weighted by atomic mass is 10.4. The molecule has 0 spiro atoms. The maximum atomic E-state index is 11.5. The van der Waals surface area contributed by atoms with E-state index in [1.54, 1.807) is 14.0 Å². The van der Waals surface area contributed by atoms with Crippen LogP contribution in [0.4, 0.5) is 0 Å². The molecule has 0 unspecified atom stereocenters. The number of nitrogens with zero attached hydrogens (tertiary/aromatic N) is 2. The molecule has 4 heteroatoms. The third-order valence-corrected chi connectivity index (χ3v) is 1.88. The van der Waals surface area contributed by atoms with Gasteiger partial charge < -0.3 is 4.57 Å². The van der Waals surface area contributed by atoms with Crippen molar-refractivity contribution in [1.29, 1.82) is 0 Å². The van der Waals surface area contributed by atoms with E-state index in [4.69, 9.17) is 0 Å². The van der Waals surface area contributed by atoms with Crippen LogP contribution in [0.2, 0.25) is 0 Å². The normalized spacial score (nSPS) is 9.29. The molecule has 0 radical (unpaired) electrons. The highest BCUT2D eigenvalue weighted by Crippen LogP contribution is 1.80. The average molecular weight is 192 g/mol. The first-order chi connectivity index (χ1) is 6.66. The third kappa shape index (κ3) is 2.13. The molecule has 0 aliphatic rings. The zero-order valence-corrected chi connectivity index (χ0v) is 8.28. The van der Waals surface area contributed by atoms with E-state index in [0.717, 1.165) is 0 Å². The van der Waals surface area contributed by atoms with Crippen LogP contribution < -0.4 is 11.2 Å². The molecular formula is C10H12N2O2. The first-order valence-corrected chi connectivity index (χ1v) is 4.33. The van der Waals surface area contributed by atoms with Crippen molar-refractivity contribution in [2.75, 3.05) is 0 Å². The second-order valence-electron chi connectivity index (χ2n) is 2.88. The molecule has 0 saturated heterocycles. The van der Waals surface area contributed by atoms with Gasteiger partial charge in [-0.2, -0.15) is 0 Å². The molecular weight excluding hydrogens is 180 g/mol. The maximum Gasteiger partial charge on any atom is 0.330 e. The summed E-state index contributed by atoms with van der Waals surface area (Å²) >= 11 is 0. The van der Waals surface area contributed by atoms with Gasteiger partial charge >= 0.3 is 5.69 Å². The van der Waals surface area contributed by atoms with Gasteiger partial charge in [-0.05, 0) is 6.92 Å². The summed E-state index contributed by atoms with van der Waals surface area (Å²) in [5.41, 5.74) is -0.568. The van der Waals surface area contributed by atoms with E-state index >= 15 is 0 Å². The van der Waals surface area contributed by atoms with Crippen molar-refractivity contribution in [2.24, 2.45) is 7.05 Å². The Morgan fingerprint density at radius 3 is 2.79 bits per heavy atom. The summed E-state index contributed by atoms with van der Waals surface area (Å²) < 4.78 is 2.56. The van der Waals surface area contributed by atoms with E-state index in [2.05, 4.69) is 11.8 Å². The lowest BCUT2D eigenvalue weighted by molar-refractivity contribution is 0.601. The van der Waals surface area contributed by atoms with Crippen LogP contribution in [0.25, 0.3) is 0 Å². The van der Waals surface area contributed by atoms with E-state index in [0.29, 0.717) is 13.0 Å². The average Bonchev–Trinajstić information content (AvgIpc) is 2.18. The molecule has 0 atom stereocenters. The summed E-state index contributed by atoms with van der Waals surface area (Å²) in [5, 5.41) is 0. The number of hydrogen-bond donors (Lipinski definition) is 0. The molecule has 0 bridgehead atoms. The molecule has 0 aliphatic carbocycles. The Hall–Kier alpha value is -1.76. The second-order valence-corrected chi connectivity index (χ2v) is 2.88. The molecule has 1 rings (SSSR count). The molecule has 0 fully saturated rings. The van der Waals surface area contributed by atoms with E-state index in [1.165, 1.54) is 21.4 Å². The fraction of sp³-hybridized carbons (Fsp3) is 0.400. The van der Waals surface area contributed by atoms with Crippen molar-refractivity contribution in [3.8, 4) is 11.8 Å². The van der Waals surface area contributed by atoms with E-state index in [1.807, 2.05) is 0 Å². The quantitative estimate of drug-likeness (QED) is 0.617. The highest BCUT2D eigenvalue weighted by molar-refractivity contribution is 4.95. The topological polar surface area (TPSA) is 44.0 Å². The van der Waals surface area contributed by atoms with Gasteiger partial charge in [0.15, 0.2) is 0 Å². The van der Waals surface area contributed by atoms with Crippen LogP contribution in [0.1, 0.15) is 13.3 Å². The first kappa shape index (κ1) is 10.3. The third-order valence-electron chi connectivity index (χ3n) is 1.88. The molecule has 0 saturated carbocycles. The van der Waals surface area contributed by atoms with Crippen molar-refractivity contribution >= 4 is 0 Å². The van der Waals surface area contributed by atoms with Crippen molar-refractivity contribution in [2.45, 2.75) is 19.9 Å². The number of rotatable bonds is 2. The predicted molar refractivity (Wildman–Crippen MR) is 54.0 cm³/mol. The van der Waals surface area contributed by atoms with Crippen molar-refractivity contribution < 1.29 is 0 Å². The molecule has 0 aromatic carbocycles. The standard InChI is InChI=1S/C10H12N2O2/c1-3-4-5-7-12-9(13)6-8-11(2)10(12)14/h6,8H,5,7H2,1-2H3. The Morgan fingerprint density at radius 2 is 2.14 bits per heavy atom. The smallest absolute Gasteiger partial charge is 0.303 e. The Labute approximate surface area is 81.8 Å².